The van der Waals surface area contributed by atoms with Crippen molar-refractivity contribution in [3.63, 3.8) is 0 Å². The van der Waals surface area contributed by atoms with Crippen molar-refractivity contribution >= 4 is 10.0 Å². The van der Waals surface area contributed by atoms with Crippen molar-refractivity contribution in [1.29, 1.82) is 0 Å². The Morgan fingerprint density at radius 1 is 1.40 bits per heavy atom. The fourth-order valence-electron chi connectivity index (χ4n) is 2.08. The van der Waals surface area contributed by atoms with E-state index in [9.17, 15) is 8.42 Å². The van der Waals surface area contributed by atoms with E-state index in [0.717, 1.165) is 12.8 Å². The lowest BCUT2D eigenvalue weighted by molar-refractivity contribution is 0.298. The number of aliphatic hydroxyl groups excluding tert-OH is 1. The number of hydrogen-bond donors (Lipinski definition) is 2. The van der Waals surface area contributed by atoms with Crippen molar-refractivity contribution in [2.24, 2.45) is 0 Å². The van der Waals surface area contributed by atoms with Gasteiger partial charge in [-0.3, -0.25) is 0 Å². The van der Waals surface area contributed by atoms with E-state index in [4.69, 9.17) is 9.84 Å². The zero-order valence-corrected chi connectivity index (χ0v) is 13.0. The number of aliphatic hydroxyl groups is 1. The van der Waals surface area contributed by atoms with Crippen molar-refractivity contribution in [1.82, 2.24) is 4.72 Å². The predicted octanol–water partition coefficient (Wildman–Crippen LogP) is 1.70. The monoisotopic (exact) mass is 301 g/mol. The average molecular weight is 301 g/mol. The smallest absolute Gasteiger partial charge is 0.241 e. The molecular weight excluding hydrogens is 278 g/mol. The molecule has 0 aromatic heterocycles. The van der Waals surface area contributed by atoms with Crippen LogP contribution in [0.15, 0.2) is 23.1 Å². The summed E-state index contributed by atoms with van der Waals surface area (Å²) in [6.07, 6.45) is 1.97. The van der Waals surface area contributed by atoms with Crippen molar-refractivity contribution in [2.45, 2.75) is 44.0 Å². The van der Waals surface area contributed by atoms with E-state index < -0.39 is 10.0 Å². The van der Waals surface area contributed by atoms with Crippen LogP contribution in [0.25, 0.3) is 0 Å². The lowest BCUT2D eigenvalue weighted by Crippen LogP contribution is -2.33. The van der Waals surface area contributed by atoms with Gasteiger partial charge >= 0.3 is 0 Å². The highest BCUT2D eigenvalue weighted by Crippen LogP contribution is 2.22. The topological polar surface area (TPSA) is 75.6 Å². The number of sulfonamides is 1. The Balaban J connectivity index is 3.10. The molecule has 0 saturated carbocycles. The van der Waals surface area contributed by atoms with Crippen LogP contribution in [0.3, 0.4) is 0 Å². The van der Waals surface area contributed by atoms with Crippen LogP contribution < -0.4 is 9.46 Å². The molecule has 0 fully saturated rings. The minimum atomic E-state index is -3.58. The van der Waals surface area contributed by atoms with E-state index in [2.05, 4.69) is 4.72 Å². The zero-order valence-electron chi connectivity index (χ0n) is 12.2. The van der Waals surface area contributed by atoms with Crippen molar-refractivity contribution in [2.75, 3.05) is 13.7 Å². The van der Waals surface area contributed by atoms with Gasteiger partial charge in [-0.1, -0.05) is 13.3 Å². The summed E-state index contributed by atoms with van der Waals surface area (Å²) in [5.74, 6) is 0.578. The second-order valence-electron chi connectivity index (χ2n) is 4.76. The van der Waals surface area contributed by atoms with E-state index in [1.165, 1.54) is 13.2 Å². The van der Waals surface area contributed by atoms with E-state index in [-0.39, 0.29) is 24.0 Å². The van der Waals surface area contributed by atoms with Gasteiger partial charge in [0.05, 0.1) is 12.0 Å². The van der Waals surface area contributed by atoms with Crippen molar-refractivity contribution < 1.29 is 18.3 Å². The van der Waals surface area contributed by atoms with Crippen molar-refractivity contribution in [3.05, 3.63) is 23.8 Å². The molecule has 1 rings (SSSR count). The SMILES string of the molecule is CCCC(C)NS(=O)(=O)c1ccc(OC)cc1CCO. The molecule has 6 heteroatoms. The molecule has 1 unspecified atom stereocenters. The van der Waals surface area contributed by atoms with Gasteiger partial charge in [0.15, 0.2) is 0 Å². The predicted molar refractivity (Wildman–Crippen MR) is 78.5 cm³/mol. The molecule has 1 atom stereocenters. The minimum Gasteiger partial charge on any atom is -0.497 e. The van der Waals surface area contributed by atoms with Gasteiger partial charge in [0.25, 0.3) is 0 Å². The molecule has 114 valence electrons. The maximum Gasteiger partial charge on any atom is 0.241 e. The second-order valence-corrected chi connectivity index (χ2v) is 6.44. The molecule has 0 bridgehead atoms. The average Bonchev–Trinajstić information content (AvgIpc) is 2.38. The number of rotatable bonds is 8. The third kappa shape index (κ3) is 4.47. The normalized spacial score (nSPS) is 13.2. The Labute approximate surface area is 121 Å². The van der Waals surface area contributed by atoms with Gasteiger partial charge < -0.3 is 9.84 Å². The van der Waals surface area contributed by atoms with E-state index in [1.54, 1.807) is 12.1 Å². The maximum absolute atomic E-state index is 12.4. The van der Waals surface area contributed by atoms with Gasteiger partial charge in [0.1, 0.15) is 5.75 Å². The third-order valence-corrected chi connectivity index (χ3v) is 4.71. The van der Waals surface area contributed by atoms with Crippen LogP contribution in [0, 0.1) is 0 Å². The lowest BCUT2D eigenvalue weighted by atomic mass is 10.1. The fraction of sp³-hybridized carbons (Fsp3) is 0.571. The van der Waals surface area contributed by atoms with Crippen molar-refractivity contribution in [3.8, 4) is 5.75 Å². The summed E-state index contributed by atoms with van der Waals surface area (Å²) in [6, 6.07) is 4.66. The Hall–Kier alpha value is -1.11. The summed E-state index contributed by atoms with van der Waals surface area (Å²) in [6.45, 7) is 3.74. The number of nitrogens with one attached hydrogen (secondary N) is 1. The zero-order chi connectivity index (χ0) is 15.2. The van der Waals surface area contributed by atoms with Gasteiger partial charge in [-0.2, -0.15) is 0 Å². The molecular formula is C14H23NO4S. The summed E-state index contributed by atoms with van der Waals surface area (Å²) in [5, 5.41) is 9.08. The highest BCUT2D eigenvalue weighted by Gasteiger charge is 2.20. The standard InChI is InChI=1S/C14H23NO4S/c1-4-5-11(2)15-20(17,18)14-7-6-13(19-3)10-12(14)8-9-16/h6-7,10-11,15-16H,4-5,8-9H2,1-3H3. The summed E-state index contributed by atoms with van der Waals surface area (Å²) in [7, 11) is -2.05. The molecule has 0 spiro atoms. The minimum absolute atomic E-state index is 0.111. The Morgan fingerprint density at radius 2 is 2.10 bits per heavy atom. The lowest BCUT2D eigenvalue weighted by Gasteiger charge is -2.16. The van der Waals surface area contributed by atoms with Gasteiger partial charge in [-0.25, -0.2) is 13.1 Å². The number of methoxy groups -OCH3 is 1. The third-order valence-electron chi connectivity index (χ3n) is 3.02. The Bertz CT molecular complexity index is 528. The van der Waals surface area contributed by atoms with Crippen LogP contribution >= 0.6 is 0 Å². The van der Waals surface area contributed by atoms with Gasteiger partial charge in [-0.15, -0.1) is 0 Å². The Morgan fingerprint density at radius 3 is 2.65 bits per heavy atom. The molecule has 0 radical (unpaired) electrons. The summed E-state index contributed by atoms with van der Waals surface area (Å²) in [4.78, 5) is 0.204. The first kappa shape index (κ1) is 16.9. The number of hydrogen-bond acceptors (Lipinski definition) is 4. The van der Waals surface area contributed by atoms with E-state index in [1.807, 2.05) is 13.8 Å². The maximum atomic E-state index is 12.4. The molecule has 2 N–H and O–H groups in total. The van der Waals surface area contributed by atoms with Crippen LogP contribution in [0.5, 0.6) is 5.75 Å². The van der Waals surface area contributed by atoms with Crippen LogP contribution in [0.1, 0.15) is 32.3 Å². The molecule has 0 amide bonds. The summed E-state index contributed by atoms with van der Waals surface area (Å²) >= 11 is 0. The summed E-state index contributed by atoms with van der Waals surface area (Å²) in [5.41, 5.74) is 0.558. The van der Waals surface area contributed by atoms with Crippen LogP contribution in [0.2, 0.25) is 0 Å². The van der Waals surface area contributed by atoms with Gasteiger partial charge in [-0.05, 0) is 43.5 Å². The number of ether oxygens (including phenoxy) is 1. The molecule has 1 aromatic rings. The highest BCUT2D eigenvalue weighted by molar-refractivity contribution is 7.89. The van der Waals surface area contributed by atoms with E-state index >= 15 is 0 Å². The molecule has 0 aliphatic rings. The van der Waals surface area contributed by atoms with Crippen LogP contribution in [0.4, 0.5) is 0 Å². The quantitative estimate of drug-likeness (QED) is 0.766. The molecule has 5 nitrogen and oxygen atoms in total. The molecule has 20 heavy (non-hydrogen) atoms. The highest BCUT2D eigenvalue weighted by atomic mass is 32.2. The first-order valence-electron chi connectivity index (χ1n) is 6.74. The first-order valence-corrected chi connectivity index (χ1v) is 8.23. The molecule has 0 saturated heterocycles. The second kappa shape index (κ2) is 7.61. The molecule has 0 aliphatic carbocycles. The van der Waals surface area contributed by atoms with Crippen LogP contribution in [-0.4, -0.2) is 33.3 Å². The first-order chi connectivity index (χ1) is 9.44. The molecule has 0 aliphatic heterocycles. The van der Waals surface area contributed by atoms with E-state index in [0.29, 0.717) is 11.3 Å². The fourth-order valence-corrected chi connectivity index (χ4v) is 3.61. The molecule has 0 heterocycles. The number of benzene rings is 1. The van der Waals surface area contributed by atoms with Gasteiger partial charge in [0.2, 0.25) is 10.0 Å². The largest absolute Gasteiger partial charge is 0.497 e. The Kier molecular flexibility index (Phi) is 6.45. The van der Waals surface area contributed by atoms with Gasteiger partial charge in [0, 0.05) is 12.6 Å². The molecule has 1 aromatic carbocycles. The summed E-state index contributed by atoms with van der Waals surface area (Å²) < 4.78 is 32.5. The van der Waals surface area contributed by atoms with Crippen LogP contribution in [-0.2, 0) is 16.4 Å².